The third kappa shape index (κ3) is 5.69. The number of rotatable bonds is 7. The van der Waals surface area contributed by atoms with Gasteiger partial charge < -0.3 is 11.1 Å². The molecule has 0 aromatic rings. The number of halogens is 3. The van der Waals surface area contributed by atoms with Gasteiger partial charge in [-0.3, -0.25) is 4.79 Å². The van der Waals surface area contributed by atoms with Crippen LogP contribution in [0.25, 0.3) is 0 Å². The average molecular weight is 294 g/mol. The second-order valence-electron chi connectivity index (χ2n) is 5.53. The second kappa shape index (κ2) is 8.49. The maximum Gasteiger partial charge on any atom is 0.392 e. The Labute approximate surface area is 118 Å². The lowest BCUT2D eigenvalue weighted by Gasteiger charge is -2.32. The molecule has 1 aliphatic rings. The number of alkyl halides is 3. The maximum atomic E-state index is 12.9. The molecular formula is C14H25F3N2O. The summed E-state index contributed by atoms with van der Waals surface area (Å²) in [4.78, 5) is 11.9. The van der Waals surface area contributed by atoms with Crippen molar-refractivity contribution in [3.8, 4) is 0 Å². The van der Waals surface area contributed by atoms with Crippen LogP contribution in [0.15, 0.2) is 0 Å². The molecule has 0 aliphatic heterocycles. The van der Waals surface area contributed by atoms with Crippen molar-refractivity contribution in [1.29, 1.82) is 0 Å². The van der Waals surface area contributed by atoms with Gasteiger partial charge in [-0.25, -0.2) is 0 Å². The van der Waals surface area contributed by atoms with Crippen LogP contribution in [0, 0.1) is 11.8 Å². The van der Waals surface area contributed by atoms with E-state index in [0.29, 0.717) is 32.4 Å². The van der Waals surface area contributed by atoms with Gasteiger partial charge in [-0.15, -0.1) is 0 Å². The molecule has 0 heterocycles. The number of nitrogens with one attached hydrogen (secondary N) is 1. The highest BCUT2D eigenvalue weighted by Crippen LogP contribution is 2.41. The van der Waals surface area contributed by atoms with Crippen LogP contribution in [0.2, 0.25) is 0 Å². The standard InChI is InChI=1S/C14H25F3N2O/c15-14(16,17)12-8-4-3-7-11(12)13(20)19-10-6-2-1-5-9-18/h11-12H,1-10,18H2,(H,19,20). The van der Waals surface area contributed by atoms with E-state index in [1.165, 1.54) is 0 Å². The van der Waals surface area contributed by atoms with Gasteiger partial charge in [-0.2, -0.15) is 13.2 Å². The van der Waals surface area contributed by atoms with Gasteiger partial charge in [0.25, 0.3) is 0 Å². The number of carbonyl (C=O) groups excluding carboxylic acids is 1. The third-order valence-corrected chi connectivity index (χ3v) is 3.95. The normalized spacial score (nSPS) is 23.6. The zero-order valence-electron chi connectivity index (χ0n) is 11.8. The summed E-state index contributed by atoms with van der Waals surface area (Å²) in [6, 6.07) is 0. The lowest BCUT2D eigenvalue weighted by atomic mass is 9.78. The highest BCUT2D eigenvalue weighted by molar-refractivity contribution is 5.79. The predicted molar refractivity (Wildman–Crippen MR) is 72.0 cm³/mol. The molecule has 3 nitrogen and oxygen atoms in total. The molecular weight excluding hydrogens is 269 g/mol. The Balaban J connectivity index is 2.33. The van der Waals surface area contributed by atoms with Gasteiger partial charge >= 0.3 is 6.18 Å². The molecule has 118 valence electrons. The molecule has 1 saturated carbocycles. The summed E-state index contributed by atoms with van der Waals surface area (Å²) in [5, 5.41) is 2.66. The molecule has 20 heavy (non-hydrogen) atoms. The van der Waals surface area contributed by atoms with Crippen molar-refractivity contribution < 1.29 is 18.0 Å². The first-order chi connectivity index (χ1) is 9.46. The Hall–Kier alpha value is -0.780. The number of carbonyl (C=O) groups is 1. The van der Waals surface area contributed by atoms with Crippen molar-refractivity contribution in [2.45, 2.75) is 57.5 Å². The van der Waals surface area contributed by atoms with E-state index in [0.717, 1.165) is 25.7 Å². The Bertz CT molecular complexity index is 295. The fourth-order valence-electron chi connectivity index (χ4n) is 2.80. The predicted octanol–water partition coefficient (Wildman–Crippen LogP) is 2.99. The van der Waals surface area contributed by atoms with Gasteiger partial charge in [0.1, 0.15) is 0 Å². The minimum absolute atomic E-state index is 0.0814. The topological polar surface area (TPSA) is 55.1 Å². The first-order valence-corrected chi connectivity index (χ1v) is 7.51. The van der Waals surface area contributed by atoms with E-state index in [2.05, 4.69) is 5.32 Å². The molecule has 1 amide bonds. The molecule has 0 spiro atoms. The molecule has 1 aliphatic carbocycles. The van der Waals surface area contributed by atoms with E-state index in [9.17, 15) is 18.0 Å². The Kier molecular flexibility index (Phi) is 7.34. The number of hydrogen-bond donors (Lipinski definition) is 2. The monoisotopic (exact) mass is 294 g/mol. The van der Waals surface area contributed by atoms with Crippen molar-refractivity contribution in [1.82, 2.24) is 5.32 Å². The largest absolute Gasteiger partial charge is 0.392 e. The second-order valence-corrected chi connectivity index (χ2v) is 5.53. The smallest absolute Gasteiger partial charge is 0.356 e. The fourth-order valence-corrected chi connectivity index (χ4v) is 2.80. The summed E-state index contributed by atoms with van der Waals surface area (Å²) in [6.07, 6.45) is 1.15. The van der Waals surface area contributed by atoms with Gasteiger partial charge in [0.05, 0.1) is 5.92 Å². The molecule has 0 bridgehead atoms. The fraction of sp³-hybridized carbons (Fsp3) is 0.929. The van der Waals surface area contributed by atoms with Crippen molar-refractivity contribution in [2.75, 3.05) is 13.1 Å². The molecule has 6 heteroatoms. The van der Waals surface area contributed by atoms with Gasteiger partial charge in [0.2, 0.25) is 5.91 Å². The SMILES string of the molecule is NCCCCCCNC(=O)C1CCCCC1C(F)(F)F. The van der Waals surface area contributed by atoms with Crippen LogP contribution in [-0.4, -0.2) is 25.2 Å². The van der Waals surface area contributed by atoms with Crippen molar-refractivity contribution >= 4 is 5.91 Å². The van der Waals surface area contributed by atoms with E-state index in [1.807, 2.05) is 0 Å². The van der Waals surface area contributed by atoms with Crippen molar-refractivity contribution in [3.63, 3.8) is 0 Å². The van der Waals surface area contributed by atoms with E-state index in [-0.39, 0.29) is 6.42 Å². The molecule has 0 radical (unpaired) electrons. The van der Waals surface area contributed by atoms with Crippen LogP contribution < -0.4 is 11.1 Å². The van der Waals surface area contributed by atoms with Crippen LogP contribution in [0.1, 0.15) is 51.4 Å². The first-order valence-electron chi connectivity index (χ1n) is 7.51. The lowest BCUT2D eigenvalue weighted by molar-refractivity contribution is -0.198. The Morgan fingerprint density at radius 3 is 2.40 bits per heavy atom. The Morgan fingerprint density at radius 1 is 1.10 bits per heavy atom. The van der Waals surface area contributed by atoms with Gasteiger partial charge in [-0.1, -0.05) is 25.7 Å². The quantitative estimate of drug-likeness (QED) is 0.709. The molecule has 3 N–H and O–H groups in total. The maximum absolute atomic E-state index is 12.9. The van der Waals surface area contributed by atoms with E-state index in [1.54, 1.807) is 0 Å². The Morgan fingerprint density at radius 2 is 1.75 bits per heavy atom. The summed E-state index contributed by atoms with van der Waals surface area (Å²) in [7, 11) is 0. The average Bonchev–Trinajstić information content (AvgIpc) is 2.41. The van der Waals surface area contributed by atoms with Gasteiger partial charge in [0.15, 0.2) is 0 Å². The molecule has 1 rings (SSSR count). The third-order valence-electron chi connectivity index (χ3n) is 3.95. The molecule has 0 aromatic heterocycles. The molecule has 2 unspecified atom stereocenters. The van der Waals surface area contributed by atoms with Crippen molar-refractivity contribution in [2.24, 2.45) is 17.6 Å². The summed E-state index contributed by atoms with van der Waals surface area (Å²) in [6.45, 7) is 1.12. The van der Waals surface area contributed by atoms with E-state index >= 15 is 0 Å². The minimum atomic E-state index is -4.26. The van der Waals surface area contributed by atoms with Crippen LogP contribution >= 0.6 is 0 Å². The summed E-state index contributed by atoms with van der Waals surface area (Å²) in [5.41, 5.74) is 5.37. The highest BCUT2D eigenvalue weighted by atomic mass is 19.4. The number of nitrogens with two attached hydrogens (primary N) is 1. The molecule has 0 saturated heterocycles. The molecule has 1 fully saturated rings. The zero-order valence-corrected chi connectivity index (χ0v) is 11.8. The van der Waals surface area contributed by atoms with Crippen LogP contribution in [0.5, 0.6) is 0 Å². The van der Waals surface area contributed by atoms with Gasteiger partial charge in [-0.05, 0) is 32.2 Å². The molecule has 0 aromatic carbocycles. The minimum Gasteiger partial charge on any atom is -0.356 e. The number of hydrogen-bond acceptors (Lipinski definition) is 2. The van der Waals surface area contributed by atoms with E-state index in [4.69, 9.17) is 5.73 Å². The number of unbranched alkanes of at least 4 members (excludes halogenated alkanes) is 3. The van der Waals surface area contributed by atoms with Gasteiger partial charge in [0, 0.05) is 12.5 Å². The lowest BCUT2D eigenvalue weighted by Crippen LogP contribution is -2.42. The van der Waals surface area contributed by atoms with Crippen LogP contribution in [0.3, 0.4) is 0 Å². The highest BCUT2D eigenvalue weighted by Gasteiger charge is 2.47. The van der Waals surface area contributed by atoms with Crippen LogP contribution in [0.4, 0.5) is 13.2 Å². The summed E-state index contributed by atoms with van der Waals surface area (Å²) >= 11 is 0. The summed E-state index contributed by atoms with van der Waals surface area (Å²) in [5.74, 6) is -2.79. The van der Waals surface area contributed by atoms with Crippen molar-refractivity contribution in [3.05, 3.63) is 0 Å². The summed E-state index contributed by atoms with van der Waals surface area (Å²) < 4.78 is 38.7. The van der Waals surface area contributed by atoms with Crippen LogP contribution in [-0.2, 0) is 4.79 Å². The molecule has 2 atom stereocenters. The zero-order chi connectivity index (χ0) is 15.0. The first kappa shape index (κ1) is 17.3. The number of amides is 1. The van der Waals surface area contributed by atoms with E-state index < -0.39 is 23.9 Å².